The average Bonchev–Trinajstić information content (AvgIpc) is 2.74. The van der Waals surface area contributed by atoms with Crippen molar-refractivity contribution in [3.8, 4) is 5.75 Å². The number of carbonyl (C=O) groups excluding carboxylic acids is 2. The van der Waals surface area contributed by atoms with Crippen LogP contribution in [0.25, 0.3) is 0 Å². The maximum atomic E-state index is 12.5. The fourth-order valence-corrected chi connectivity index (χ4v) is 2.69. The van der Waals surface area contributed by atoms with Gasteiger partial charge in [-0.25, -0.2) is 4.79 Å². The number of esters is 1. The van der Waals surface area contributed by atoms with Crippen molar-refractivity contribution in [3.05, 3.63) is 72.1 Å². The summed E-state index contributed by atoms with van der Waals surface area (Å²) in [6.45, 7) is 7.75. The quantitative estimate of drug-likeness (QED) is 0.457. The number of hydrogen-bond donors (Lipinski definition) is 1. The van der Waals surface area contributed by atoms with Gasteiger partial charge in [0.25, 0.3) is 0 Å². The van der Waals surface area contributed by atoms with Crippen molar-refractivity contribution >= 4 is 11.8 Å². The number of carbonyl (C=O) groups is 2. The summed E-state index contributed by atoms with van der Waals surface area (Å²) < 4.78 is 11.2. The lowest BCUT2D eigenvalue weighted by atomic mass is 9.95. The Balaban J connectivity index is 2.19. The highest BCUT2D eigenvalue weighted by Gasteiger charge is 2.21. The smallest absolute Gasteiger partial charge is 0.340 e. The number of ether oxygens (including phenoxy) is 2. The van der Waals surface area contributed by atoms with E-state index in [-0.39, 0.29) is 31.3 Å². The third-order valence-corrected chi connectivity index (χ3v) is 4.43. The second-order valence-corrected chi connectivity index (χ2v) is 6.92. The van der Waals surface area contributed by atoms with Crippen LogP contribution in [-0.4, -0.2) is 35.1 Å². The van der Waals surface area contributed by atoms with Crippen molar-refractivity contribution in [1.82, 2.24) is 4.98 Å². The van der Waals surface area contributed by atoms with Gasteiger partial charge >= 0.3 is 5.97 Å². The summed E-state index contributed by atoms with van der Waals surface area (Å²) >= 11 is 0. The highest BCUT2D eigenvalue weighted by Crippen LogP contribution is 2.28. The van der Waals surface area contributed by atoms with Gasteiger partial charge < -0.3 is 14.6 Å². The fraction of sp³-hybridized carbons (Fsp3) is 0.348. The van der Waals surface area contributed by atoms with Crippen LogP contribution in [0.15, 0.2) is 60.9 Å². The lowest BCUT2D eigenvalue weighted by Gasteiger charge is -2.19. The van der Waals surface area contributed by atoms with Crippen molar-refractivity contribution in [2.75, 3.05) is 13.2 Å². The molecule has 0 fully saturated rings. The van der Waals surface area contributed by atoms with Crippen LogP contribution in [0.4, 0.5) is 0 Å². The van der Waals surface area contributed by atoms with Crippen LogP contribution in [0.3, 0.4) is 0 Å². The molecule has 1 heterocycles. The van der Waals surface area contributed by atoms with Crippen molar-refractivity contribution in [2.45, 2.75) is 32.8 Å². The summed E-state index contributed by atoms with van der Waals surface area (Å²) in [6, 6.07) is 10.4. The Bertz CT molecular complexity index is 832. The standard InChI is InChI=1S/C23H27NO5/c1-16(2)17(3)21(26)9-10-22(29-23(27)19-7-5-11-24-15-19)18-6-4-8-20(14-18)28-13-12-25/h4-8,11,14-16,22,25H,3,9-10,12-13H2,1-2H3/t22-/m1/s1. The number of nitrogens with zero attached hydrogens (tertiary/aromatic N) is 1. The van der Waals surface area contributed by atoms with Gasteiger partial charge in [-0.05, 0) is 47.7 Å². The first-order valence-corrected chi connectivity index (χ1v) is 9.59. The van der Waals surface area contributed by atoms with Gasteiger partial charge in [-0.1, -0.05) is 32.6 Å². The number of hydrogen-bond acceptors (Lipinski definition) is 6. The molecule has 1 N–H and O–H groups in total. The van der Waals surface area contributed by atoms with E-state index in [4.69, 9.17) is 14.6 Å². The maximum absolute atomic E-state index is 12.5. The van der Waals surface area contributed by atoms with Crippen LogP contribution < -0.4 is 4.74 Å². The molecule has 0 unspecified atom stereocenters. The Labute approximate surface area is 171 Å². The van der Waals surface area contributed by atoms with Gasteiger partial charge in [0.15, 0.2) is 5.78 Å². The molecule has 0 spiro atoms. The Hall–Kier alpha value is -2.99. The monoisotopic (exact) mass is 397 g/mol. The summed E-state index contributed by atoms with van der Waals surface area (Å²) in [5.74, 6) is 0.0565. The predicted molar refractivity (Wildman–Crippen MR) is 110 cm³/mol. The largest absolute Gasteiger partial charge is 0.491 e. The number of benzene rings is 1. The molecular weight excluding hydrogens is 370 g/mol. The molecule has 2 rings (SSSR count). The van der Waals surface area contributed by atoms with Crippen molar-refractivity contribution < 1.29 is 24.2 Å². The van der Waals surface area contributed by atoms with Crippen LogP contribution in [-0.2, 0) is 9.53 Å². The predicted octanol–water partition coefficient (Wildman–Crippen LogP) is 3.91. The Kier molecular flexibility index (Phi) is 8.55. The topological polar surface area (TPSA) is 85.7 Å². The minimum absolute atomic E-state index is 0.0462. The second kappa shape index (κ2) is 11.1. The first kappa shape index (κ1) is 22.3. The Morgan fingerprint density at radius 3 is 2.66 bits per heavy atom. The molecule has 1 atom stereocenters. The van der Waals surface area contributed by atoms with Crippen LogP contribution in [0.5, 0.6) is 5.75 Å². The molecule has 154 valence electrons. The third kappa shape index (κ3) is 6.84. The van der Waals surface area contributed by atoms with Crippen molar-refractivity contribution in [2.24, 2.45) is 5.92 Å². The van der Waals surface area contributed by atoms with E-state index in [0.717, 1.165) is 0 Å². The summed E-state index contributed by atoms with van der Waals surface area (Å²) in [6.07, 6.45) is 2.91. The van der Waals surface area contributed by atoms with E-state index in [2.05, 4.69) is 11.6 Å². The molecule has 0 saturated heterocycles. The van der Waals surface area contributed by atoms with Gasteiger partial charge in [0, 0.05) is 18.8 Å². The molecule has 1 aromatic carbocycles. The molecule has 0 bridgehead atoms. The van der Waals surface area contributed by atoms with Crippen molar-refractivity contribution in [3.63, 3.8) is 0 Å². The second-order valence-electron chi connectivity index (χ2n) is 6.92. The van der Waals surface area contributed by atoms with E-state index in [1.165, 1.54) is 6.20 Å². The van der Waals surface area contributed by atoms with Gasteiger partial charge in [-0.15, -0.1) is 0 Å². The SMILES string of the molecule is C=C(C(=O)CC[C@@H](OC(=O)c1cccnc1)c1cccc(OCCO)c1)C(C)C. The molecular formula is C23H27NO5. The van der Waals surface area contributed by atoms with Gasteiger partial charge in [-0.3, -0.25) is 9.78 Å². The number of aromatic nitrogens is 1. The first-order chi connectivity index (χ1) is 13.9. The zero-order valence-corrected chi connectivity index (χ0v) is 16.8. The molecule has 6 nitrogen and oxygen atoms in total. The maximum Gasteiger partial charge on any atom is 0.340 e. The highest BCUT2D eigenvalue weighted by molar-refractivity contribution is 5.95. The van der Waals surface area contributed by atoms with E-state index in [1.807, 2.05) is 19.9 Å². The summed E-state index contributed by atoms with van der Waals surface area (Å²) in [5, 5.41) is 8.95. The number of Topliss-reactive ketones (excluding diaryl/α,β-unsaturated/α-hetero) is 1. The zero-order chi connectivity index (χ0) is 21.2. The minimum atomic E-state index is -0.635. The Morgan fingerprint density at radius 1 is 1.21 bits per heavy atom. The molecule has 0 aliphatic rings. The van der Waals surface area contributed by atoms with Crippen LogP contribution in [0.2, 0.25) is 0 Å². The van der Waals surface area contributed by atoms with E-state index < -0.39 is 12.1 Å². The zero-order valence-electron chi connectivity index (χ0n) is 16.8. The summed E-state index contributed by atoms with van der Waals surface area (Å²) in [7, 11) is 0. The molecule has 1 aromatic heterocycles. The normalized spacial score (nSPS) is 11.7. The number of aliphatic hydroxyl groups excluding tert-OH is 1. The molecule has 0 aliphatic heterocycles. The van der Waals surface area contributed by atoms with E-state index in [9.17, 15) is 9.59 Å². The van der Waals surface area contributed by atoms with Crippen LogP contribution in [0, 0.1) is 5.92 Å². The molecule has 0 amide bonds. The van der Waals surface area contributed by atoms with Gasteiger partial charge in [0.2, 0.25) is 0 Å². The summed E-state index contributed by atoms with van der Waals surface area (Å²) in [5.41, 5.74) is 1.60. The van der Waals surface area contributed by atoms with E-state index in [0.29, 0.717) is 28.9 Å². The highest BCUT2D eigenvalue weighted by atomic mass is 16.5. The average molecular weight is 397 g/mol. The fourth-order valence-electron chi connectivity index (χ4n) is 2.69. The lowest BCUT2D eigenvalue weighted by molar-refractivity contribution is -0.116. The Morgan fingerprint density at radius 2 is 2.00 bits per heavy atom. The van der Waals surface area contributed by atoms with E-state index >= 15 is 0 Å². The molecule has 29 heavy (non-hydrogen) atoms. The number of pyridine rings is 1. The van der Waals surface area contributed by atoms with E-state index in [1.54, 1.807) is 36.5 Å². The number of rotatable bonds is 11. The van der Waals surface area contributed by atoms with Crippen LogP contribution in [0.1, 0.15) is 48.7 Å². The molecule has 2 aromatic rings. The number of allylic oxidation sites excluding steroid dienone is 1. The molecule has 6 heteroatoms. The van der Waals surface area contributed by atoms with Gasteiger partial charge in [0.1, 0.15) is 18.5 Å². The van der Waals surface area contributed by atoms with Crippen molar-refractivity contribution in [1.29, 1.82) is 0 Å². The number of aliphatic hydroxyl groups is 1. The lowest BCUT2D eigenvalue weighted by Crippen LogP contribution is -2.15. The number of ketones is 1. The van der Waals surface area contributed by atoms with Crippen LogP contribution >= 0.6 is 0 Å². The molecule has 0 saturated carbocycles. The molecule has 0 radical (unpaired) electrons. The first-order valence-electron chi connectivity index (χ1n) is 9.59. The third-order valence-electron chi connectivity index (χ3n) is 4.43. The summed E-state index contributed by atoms with van der Waals surface area (Å²) in [4.78, 5) is 28.9. The molecule has 0 aliphatic carbocycles. The minimum Gasteiger partial charge on any atom is -0.491 e. The van der Waals surface area contributed by atoms with Gasteiger partial charge in [-0.2, -0.15) is 0 Å². The van der Waals surface area contributed by atoms with Gasteiger partial charge in [0.05, 0.1) is 12.2 Å².